The topological polar surface area (TPSA) is 20.3 Å². The number of Topliss-reactive ketones (excluding diaryl/α,β-unsaturated/α-hetero) is 1. The van der Waals surface area contributed by atoms with Crippen molar-refractivity contribution in [3.63, 3.8) is 0 Å². The standard InChI is InChI=1S/C13H18FNO/c1-9-6-7-11(14)10(8-9)12(16)13(2,3)15(4)5/h6-8H,1-5H3. The van der Waals surface area contributed by atoms with Gasteiger partial charge in [0, 0.05) is 0 Å². The molecule has 1 aromatic carbocycles. The molecule has 0 radical (unpaired) electrons. The summed E-state index contributed by atoms with van der Waals surface area (Å²) in [5.74, 6) is -0.649. The van der Waals surface area contributed by atoms with Crippen molar-refractivity contribution in [3.05, 3.63) is 35.1 Å². The van der Waals surface area contributed by atoms with E-state index < -0.39 is 11.4 Å². The van der Waals surface area contributed by atoms with Gasteiger partial charge in [0.25, 0.3) is 0 Å². The Labute approximate surface area is 96.1 Å². The van der Waals surface area contributed by atoms with Crippen molar-refractivity contribution in [2.24, 2.45) is 0 Å². The molecule has 0 unspecified atom stereocenters. The third-order valence-corrected chi connectivity index (χ3v) is 3.04. The minimum Gasteiger partial charge on any atom is -0.297 e. The Morgan fingerprint density at radius 1 is 1.31 bits per heavy atom. The van der Waals surface area contributed by atoms with E-state index in [1.165, 1.54) is 6.07 Å². The zero-order valence-electron chi connectivity index (χ0n) is 10.5. The number of carbonyl (C=O) groups excluding carboxylic acids is 1. The third kappa shape index (κ3) is 2.30. The van der Waals surface area contributed by atoms with Gasteiger partial charge < -0.3 is 0 Å². The Bertz CT molecular complexity index is 410. The second-order valence-electron chi connectivity index (χ2n) is 4.77. The molecule has 0 fully saturated rings. The normalized spacial score (nSPS) is 11.9. The number of likely N-dealkylation sites (N-methyl/N-ethyl adjacent to an activating group) is 1. The Morgan fingerprint density at radius 3 is 2.38 bits per heavy atom. The summed E-state index contributed by atoms with van der Waals surface area (Å²) in [6, 6.07) is 4.60. The molecule has 1 aromatic rings. The van der Waals surface area contributed by atoms with Crippen LogP contribution in [0.4, 0.5) is 4.39 Å². The SMILES string of the molecule is Cc1ccc(F)c(C(=O)C(C)(C)N(C)C)c1. The molecule has 3 heteroatoms. The second-order valence-corrected chi connectivity index (χ2v) is 4.77. The van der Waals surface area contributed by atoms with E-state index in [4.69, 9.17) is 0 Å². The Balaban J connectivity index is 3.19. The van der Waals surface area contributed by atoms with Gasteiger partial charge >= 0.3 is 0 Å². The fourth-order valence-electron chi connectivity index (χ4n) is 1.35. The number of hydrogen-bond donors (Lipinski definition) is 0. The van der Waals surface area contributed by atoms with Gasteiger partial charge in [0.05, 0.1) is 11.1 Å². The number of rotatable bonds is 3. The van der Waals surface area contributed by atoms with Crippen LogP contribution < -0.4 is 0 Å². The van der Waals surface area contributed by atoms with Gasteiger partial charge in [-0.3, -0.25) is 9.69 Å². The zero-order valence-corrected chi connectivity index (χ0v) is 10.5. The molecule has 88 valence electrons. The van der Waals surface area contributed by atoms with Crippen LogP contribution in [0.15, 0.2) is 18.2 Å². The van der Waals surface area contributed by atoms with E-state index in [0.717, 1.165) is 5.56 Å². The second kappa shape index (κ2) is 4.34. The molecule has 2 nitrogen and oxygen atoms in total. The highest BCUT2D eigenvalue weighted by molar-refractivity contribution is 6.03. The van der Waals surface area contributed by atoms with Crippen LogP contribution in [0, 0.1) is 12.7 Å². The predicted octanol–water partition coefficient (Wildman–Crippen LogP) is 2.66. The molecule has 0 aliphatic rings. The summed E-state index contributed by atoms with van der Waals surface area (Å²) in [6.45, 7) is 5.42. The quantitative estimate of drug-likeness (QED) is 0.734. The molecular weight excluding hydrogens is 205 g/mol. The molecule has 0 N–H and O–H groups in total. The smallest absolute Gasteiger partial charge is 0.185 e. The molecule has 0 aliphatic carbocycles. The van der Waals surface area contributed by atoms with Crippen molar-refractivity contribution in [1.82, 2.24) is 4.90 Å². The van der Waals surface area contributed by atoms with E-state index in [0.29, 0.717) is 0 Å². The highest BCUT2D eigenvalue weighted by atomic mass is 19.1. The number of hydrogen-bond acceptors (Lipinski definition) is 2. The summed E-state index contributed by atoms with van der Waals surface area (Å²) in [5.41, 5.74) is 0.354. The minimum atomic E-state index is -0.700. The Kier molecular flexibility index (Phi) is 3.48. The van der Waals surface area contributed by atoms with Crippen molar-refractivity contribution in [1.29, 1.82) is 0 Å². The number of nitrogens with zero attached hydrogens (tertiary/aromatic N) is 1. The van der Waals surface area contributed by atoms with E-state index in [-0.39, 0.29) is 11.3 Å². The molecule has 0 saturated carbocycles. The first-order valence-corrected chi connectivity index (χ1v) is 5.25. The molecular formula is C13H18FNO. The van der Waals surface area contributed by atoms with Crippen molar-refractivity contribution < 1.29 is 9.18 Å². The molecule has 0 heterocycles. The largest absolute Gasteiger partial charge is 0.297 e. The molecule has 0 aliphatic heterocycles. The van der Waals surface area contributed by atoms with E-state index in [2.05, 4.69) is 0 Å². The van der Waals surface area contributed by atoms with Gasteiger partial charge in [-0.25, -0.2) is 4.39 Å². The van der Waals surface area contributed by atoms with Crippen LogP contribution in [0.25, 0.3) is 0 Å². The first-order valence-electron chi connectivity index (χ1n) is 5.25. The maximum atomic E-state index is 13.6. The average Bonchev–Trinajstić information content (AvgIpc) is 2.20. The van der Waals surface area contributed by atoms with Crippen molar-refractivity contribution in [3.8, 4) is 0 Å². The van der Waals surface area contributed by atoms with Crippen LogP contribution in [-0.2, 0) is 0 Å². The van der Waals surface area contributed by atoms with Crippen LogP contribution in [-0.4, -0.2) is 30.3 Å². The highest BCUT2D eigenvalue weighted by Gasteiger charge is 2.32. The summed E-state index contributed by atoms with van der Waals surface area (Å²) in [6.07, 6.45) is 0. The lowest BCUT2D eigenvalue weighted by atomic mass is 9.91. The molecule has 0 spiro atoms. The zero-order chi connectivity index (χ0) is 12.5. The lowest BCUT2D eigenvalue weighted by molar-refractivity contribution is 0.0751. The molecule has 0 atom stereocenters. The Morgan fingerprint density at radius 2 is 1.88 bits per heavy atom. The van der Waals surface area contributed by atoms with Crippen molar-refractivity contribution >= 4 is 5.78 Å². The van der Waals surface area contributed by atoms with E-state index in [9.17, 15) is 9.18 Å². The number of ketones is 1. The summed E-state index contributed by atoms with van der Waals surface area (Å²) in [7, 11) is 3.62. The first kappa shape index (κ1) is 12.8. The molecule has 0 bridgehead atoms. The fourth-order valence-corrected chi connectivity index (χ4v) is 1.35. The van der Waals surface area contributed by atoms with Gasteiger partial charge in [0.1, 0.15) is 5.82 Å². The third-order valence-electron chi connectivity index (χ3n) is 3.04. The Hall–Kier alpha value is -1.22. The van der Waals surface area contributed by atoms with Crippen LogP contribution in [0.5, 0.6) is 0 Å². The summed E-state index contributed by atoms with van der Waals surface area (Å²) in [4.78, 5) is 14.0. The summed E-state index contributed by atoms with van der Waals surface area (Å²) in [5, 5.41) is 0. The van der Waals surface area contributed by atoms with Crippen LogP contribution in [0.3, 0.4) is 0 Å². The maximum Gasteiger partial charge on any atom is 0.185 e. The van der Waals surface area contributed by atoms with Gasteiger partial charge in [-0.2, -0.15) is 0 Å². The summed E-state index contributed by atoms with van der Waals surface area (Å²) >= 11 is 0. The number of carbonyl (C=O) groups is 1. The number of aryl methyl sites for hydroxylation is 1. The van der Waals surface area contributed by atoms with E-state index in [1.54, 1.807) is 30.9 Å². The van der Waals surface area contributed by atoms with Gasteiger partial charge in [-0.1, -0.05) is 11.6 Å². The van der Waals surface area contributed by atoms with Crippen molar-refractivity contribution in [2.75, 3.05) is 14.1 Å². The molecule has 0 amide bonds. The fraction of sp³-hybridized carbons (Fsp3) is 0.462. The molecule has 0 saturated heterocycles. The number of halogens is 1. The number of benzene rings is 1. The van der Waals surface area contributed by atoms with Gasteiger partial charge in [-0.05, 0) is 47.0 Å². The lowest BCUT2D eigenvalue weighted by Gasteiger charge is -2.31. The van der Waals surface area contributed by atoms with Gasteiger partial charge in [0.2, 0.25) is 0 Å². The van der Waals surface area contributed by atoms with Gasteiger partial charge in [-0.15, -0.1) is 0 Å². The van der Waals surface area contributed by atoms with Crippen LogP contribution >= 0.6 is 0 Å². The van der Waals surface area contributed by atoms with Crippen molar-refractivity contribution in [2.45, 2.75) is 26.3 Å². The van der Waals surface area contributed by atoms with Crippen LogP contribution in [0.2, 0.25) is 0 Å². The molecule has 0 aromatic heterocycles. The highest BCUT2D eigenvalue weighted by Crippen LogP contribution is 2.20. The lowest BCUT2D eigenvalue weighted by Crippen LogP contribution is -2.46. The van der Waals surface area contributed by atoms with E-state index >= 15 is 0 Å². The first-order chi connectivity index (χ1) is 7.26. The van der Waals surface area contributed by atoms with E-state index in [1.807, 2.05) is 21.0 Å². The van der Waals surface area contributed by atoms with Crippen LogP contribution in [0.1, 0.15) is 29.8 Å². The summed E-state index contributed by atoms with van der Waals surface area (Å²) < 4.78 is 13.6. The van der Waals surface area contributed by atoms with Gasteiger partial charge in [0.15, 0.2) is 5.78 Å². The molecule has 1 rings (SSSR count). The minimum absolute atomic E-state index is 0.165. The maximum absolute atomic E-state index is 13.6. The molecule has 16 heavy (non-hydrogen) atoms. The average molecular weight is 223 g/mol. The monoisotopic (exact) mass is 223 g/mol. The predicted molar refractivity (Wildman–Crippen MR) is 63.2 cm³/mol.